The molecule has 0 aliphatic heterocycles. The van der Waals surface area contributed by atoms with Crippen LogP contribution in [0.1, 0.15) is 29.5 Å². The molecule has 0 spiro atoms. The van der Waals surface area contributed by atoms with Crippen molar-refractivity contribution in [1.82, 2.24) is 0 Å². The van der Waals surface area contributed by atoms with Crippen LogP contribution in [0.3, 0.4) is 0 Å². The third-order valence-corrected chi connectivity index (χ3v) is 5.56. The Morgan fingerprint density at radius 1 is 0.706 bits per heavy atom. The molecular weight excluding hydrogens is 551 g/mol. The van der Waals surface area contributed by atoms with E-state index in [0.717, 1.165) is 15.9 Å². The molecule has 0 amide bonds. The minimum atomic E-state index is 0. The van der Waals surface area contributed by atoms with Gasteiger partial charge in [-0.05, 0) is 11.5 Å². The van der Waals surface area contributed by atoms with Crippen LogP contribution in [0.15, 0.2) is 103 Å². The van der Waals surface area contributed by atoms with Crippen molar-refractivity contribution >= 4 is 31.1 Å². The molecule has 2 radical (unpaired) electrons. The van der Waals surface area contributed by atoms with Crippen molar-refractivity contribution in [2.75, 3.05) is 0 Å². The van der Waals surface area contributed by atoms with Gasteiger partial charge in [0.2, 0.25) is 0 Å². The van der Waals surface area contributed by atoms with Crippen LogP contribution in [0.25, 0.3) is 21.5 Å². The molecule has 0 saturated heterocycles. The number of fused-ring (bicyclic) bond motifs is 2. The van der Waals surface area contributed by atoms with Crippen LogP contribution < -0.4 is 24.8 Å². The van der Waals surface area contributed by atoms with E-state index in [1.807, 2.05) is 0 Å². The number of hydrogen-bond acceptors (Lipinski definition) is 0. The minimum absolute atomic E-state index is 0. The van der Waals surface area contributed by atoms with Gasteiger partial charge in [0, 0.05) is 9.52 Å². The average Bonchev–Trinajstić information content (AvgIpc) is 3.39. The molecule has 0 nitrogen and oxygen atoms in total. The smallest absolute Gasteiger partial charge is 1.00 e. The SMILES string of the molecule is CC(Cc1c[cH-]c2ccccc12)c1ccccc1.C[Si]C.Cc1c[cH-]c2ccccc12.[Cl-].[Cl-].[Zr+4]. The molecule has 1 unspecified atom stereocenters. The largest absolute Gasteiger partial charge is 4.00 e. The normalized spacial score (nSPS) is 10.4. The second-order valence-corrected chi connectivity index (χ2v) is 9.07. The molecule has 5 aromatic carbocycles. The van der Waals surface area contributed by atoms with Crippen LogP contribution in [0.2, 0.25) is 13.1 Å². The first-order chi connectivity index (χ1) is 15.1. The zero-order valence-electron chi connectivity index (χ0n) is 20.4. The van der Waals surface area contributed by atoms with E-state index in [-0.39, 0.29) is 51.0 Å². The zero-order chi connectivity index (χ0) is 22.1. The summed E-state index contributed by atoms with van der Waals surface area (Å²) in [5.41, 5.74) is 4.25. The van der Waals surface area contributed by atoms with Crippen molar-refractivity contribution in [2.45, 2.75) is 39.3 Å². The van der Waals surface area contributed by atoms with Crippen molar-refractivity contribution in [1.29, 1.82) is 0 Å². The van der Waals surface area contributed by atoms with Gasteiger partial charge in [0.25, 0.3) is 0 Å². The van der Waals surface area contributed by atoms with E-state index in [1.54, 1.807) is 0 Å². The Labute approximate surface area is 239 Å². The Morgan fingerprint density at radius 2 is 1.18 bits per heavy atom. The van der Waals surface area contributed by atoms with Gasteiger partial charge in [-0.25, -0.2) is 0 Å². The molecule has 0 bridgehead atoms. The minimum Gasteiger partial charge on any atom is -1.00 e. The number of benzene rings is 3. The maximum absolute atomic E-state index is 2.30. The van der Waals surface area contributed by atoms with Crippen molar-refractivity contribution in [3.8, 4) is 0 Å². The van der Waals surface area contributed by atoms with E-state index in [1.165, 1.54) is 38.2 Å². The molecule has 0 heterocycles. The van der Waals surface area contributed by atoms with E-state index in [2.05, 4.69) is 130 Å². The Hall–Kier alpha value is -1.44. The molecule has 0 aliphatic rings. The van der Waals surface area contributed by atoms with Crippen LogP contribution in [-0.2, 0) is 32.6 Å². The van der Waals surface area contributed by atoms with E-state index >= 15 is 0 Å². The Bertz CT molecular complexity index is 1190. The summed E-state index contributed by atoms with van der Waals surface area (Å²) in [4.78, 5) is 0. The fourth-order valence-corrected chi connectivity index (χ4v) is 3.93. The summed E-state index contributed by atoms with van der Waals surface area (Å²) in [5, 5.41) is 5.48. The number of halogens is 2. The molecule has 34 heavy (non-hydrogen) atoms. The molecule has 4 heteroatoms. The van der Waals surface area contributed by atoms with Crippen molar-refractivity contribution in [2.24, 2.45) is 0 Å². The van der Waals surface area contributed by atoms with E-state index in [4.69, 9.17) is 0 Å². The van der Waals surface area contributed by atoms with Gasteiger partial charge in [0.15, 0.2) is 0 Å². The predicted octanol–water partition coefficient (Wildman–Crippen LogP) is 2.56. The van der Waals surface area contributed by atoms with Crippen LogP contribution in [0.5, 0.6) is 0 Å². The Morgan fingerprint density at radius 3 is 1.76 bits per heavy atom. The number of hydrogen-bond donors (Lipinski definition) is 0. The molecule has 0 aliphatic carbocycles. The number of aryl methyl sites for hydroxylation is 1. The van der Waals surface area contributed by atoms with E-state index in [0.29, 0.717) is 5.92 Å². The molecule has 0 aromatic heterocycles. The Balaban J connectivity index is 0.000000585. The van der Waals surface area contributed by atoms with Gasteiger partial charge in [0.1, 0.15) is 0 Å². The average molecular weight is 583 g/mol. The second kappa shape index (κ2) is 17.1. The Kier molecular flexibility index (Phi) is 16.3. The predicted molar refractivity (Wildman–Crippen MR) is 140 cm³/mol. The third-order valence-electron chi connectivity index (χ3n) is 5.56. The third kappa shape index (κ3) is 8.97. The summed E-state index contributed by atoms with van der Waals surface area (Å²) in [7, 11) is 1.08. The first-order valence-corrected chi connectivity index (χ1v) is 13.0. The van der Waals surface area contributed by atoms with Crippen LogP contribution in [0.4, 0.5) is 0 Å². The monoisotopic (exact) mass is 580 g/mol. The zero-order valence-corrected chi connectivity index (χ0v) is 25.3. The topological polar surface area (TPSA) is 0 Å². The summed E-state index contributed by atoms with van der Waals surface area (Å²) in [6.45, 7) is 8.75. The summed E-state index contributed by atoms with van der Waals surface area (Å²) < 4.78 is 0. The van der Waals surface area contributed by atoms with Crippen LogP contribution in [-0.4, -0.2) is 9.52 Å². The van der Waals surface area contributed by atoms with Gasteiger partial charge >= 0.3 is 26.2 Å². The van der Waals surface area contributed by atoms with Gasteiger partial charge < -0.3 is 24.8 Å². The fourth-order valence-electron chi connectivity index (χ4n) is 3.93. The molecule has 0 saturated carbocycles. The molecular formula is C30H32Cl2SiZr. The maximum Gasteiger partial charge on any atom is 4.00 e. The van der Waals surface area contributed by atoms with E-state index in [9.17, 15) is 0 Å². The molecule has 5 aromatic rings. The van der Waals surface area contributed by atoms with E-state index < -0.39 is 0 Å². The first kappa shape index (κ1) is 32.6. The van der Waals surface area contributed by atoms with Gasteiger partial charge in [-0.3, -0.25) is 0 Å². The van der Waals surface area contributed by atoms with Crippen LogP contribution in [0, 0.1) is 6.92 Å². The van der Waals surface area contributed by atoms with Crippen LogP contribution >= 0.6 is 0 Å². The van der Waals surface area contributed by atoms with Crippen molar-refractivity contribution in [3.05, 3.63) is 120 Å². The van der Waals surface area contributed by atoms with Gasteiger partial charge in [-0.2, -0.15) is 17.2 Å². The summed E-state index contributed by atoms with van der Waals surface area (Å²) in [6, 6.07) is 36.6. The molecule has 5 rings (SSSR count). The summed E-state index contributed by atoms with van der Waals surface area (Å²) in [6.07, 6.45) is 1.11. The van der Waals surface area contributed by atoms with Gasteiger partial charge in [-0.15, -0.1) is 76.1 Å². The standard InChI is InChI=1S/C18H17.C10H9.C2H6Si.2ClH.Zr/c1-14(15-7-3-2-4-8-15)13-17-12-11-16-9-5-6-10-18(16)17;1-8-6-7-9-4-2-3-5-10(8)9;1-3-2;;;/h2-12,14H,13H2,1H3;2-7H,1H3;1-2H3;2*1H;/q2*-1;;;;+4/p-2. The molecule has 0 N–H and O–H groups in total. The molecule has 0 fully saturated rings. The molecule has 1 atom stereocenters. The quantitative estimate of drug-likeness (QED) is 0.227. The maximum atomic E-state index is 2.30. The summed E-state index contributed by atoms with van der Waals surface area (Å²) >= 11 is 0. The second-order valence-electron chi connectivity index (χ2n) is 8.07. The van der Waals surface area contributed by atoms with Gasteiger partial charge in [0.05, 0.1) is 0 Å². The first-order valence-electron chi connectivity index (χ1n) is 11.0. The fraction of sp³-hybridized carbons (Fsp3) is 0.200. The molecule has 174 valence electrons. The van der Waals surface area contributed by atoms with Crippen molar-refractivity contribution < 1.29 is 51.0 Å². The number of rotatable bonds is 3. The van der Waals surface area contributed by atoms with Crippen molar-refractivity contribution in [3.63, 3.8) is 0 Å². The van der Waals surface area contributed by atoms with Gasteiger partial charge in [-0.1, -0.05) is 75.8 Å². The summed E-state index contributed by atoms with van der Waals surface area (Å²) in [5.74, 6) is 0.567.